The monoisotopic (exact) mass is 324 g/mol. The van der Waals surface area contributed by atoms with E-state index in [0.29, 0.717) is 6.54 Å². The minimum atomic E-state index is -0.486. The quantitative estimate of drug-likeness (QED) is 0.758. The number of benzene rings is 2. The lowest BCUT2D eigenvalue weighted by Gasteiger charge is -2.22. The molecule has 0 spiro atoms. The van der Waals surface area contributed by atoms with Crippen molar-refractivity contribution >= 4 is 27.8 Å². The lowest BCUT2D eigenvalue weighted by atomic mass is 10.1. The zero-order valence-corrected chi connectivity index (χ0v) is 14.7. The van der Waals surface area contributed by atoms with E-state index >= 15 is 0 Å². The van der Waals surface area contributed by atoms with Crippen LogP contribution in [0.4, 0.5) is 4.79 Å². The summed E-state index contributed by atoms with van der Waals surface area (Å²) >= 11 is 0. The SMILES string of the molecule is CC(Cn1ccc2ccc3ccccc3c21)NC(=O)OC(C)(C)C. The Hall–Kier alpha value is -2.49. The van der Waals surface area contributed by atoms with Crippen molar-refractivity contribution in [1.29, 1.82) is 0 Å². The highest BCUT2D eigenvalue weighted by Gasteiger charge is 2.18. The molecule has 0 saturated carbocycles. The molecule has 3 aromatic rings. The Morgan fingerprint density at radius 2 is 1.83 bits per heavy atom. The number of hydrogen-bond donors (Lipinski definition) is 1. The molecule has 3 rings (SSSR count). The van der Waals surface area contributed by atoms with Crippen LogP contribution < -0.4 is 5.32 Å². The third-order valence-corrected chi connectivity index (χ3v) is 3.89. The van der Waals surface area contributed by atoms with Gasteiger partial charge in [-0.1, -0.05) is 36.4 Å². The summed E-state index contributed by atoms with van der Waals surface area (Å²) in [5, 5.41) is 6.56. The lowest BCUT2D eigenvalue weighted by Crippen LogP contribution is -2.39. The normalized spacial score (nSPS) is 13.2. The van der Waals surface area contributed by atoms with Gasteiger partial charge < -0.3 is 14.6 Å². The van der Waals surface area contributed by atoms with Crippen molar-refractivity contribution in [1.82, 2.24) is 9.88 Å². The Morgan fingerprint density at radius 3 is 2.58 bits per heavy atom. The Bertz CT molecular complexity index is 874. The molecule has 1 N–H and O–H groups in total. The first-order valence-electron chi connectivity index (χ1n) is 8.29. The van der Waals surface area contributed by atoms with E-state index in [4.69, 9.17) is 4.74 Å². The highest BCUT2D eigenvalue weighted by atomic mass is 16.6. The van der Waals surface area contributed by atoms with E-state index in [1.54, 1.807) is 0 Å². The highest BCUT2D eigenvalue weighted by Crippen LogP contribution is 2.26. The Kier molecular flexibility index (Phi) is 4.22. The van der Waals surface area contributed by atoms with Crippen LogP contribution in [-0.2, 0) is 11.3 Å². The number of carbonyl (C=O) groups is 1. The van der Waals surface area contributed by atoms with Gasteiger partial charge in [0.15, 0.2) is 0 Å². The van der Waals surface area contributed by atoms with Gasteiger partial charge in [-0.2, -0.15) is 0 Å². The van der Waals surface area contributed by atoms with E-state index < -0.39 is 5.60 Å². The van der Waals surface area contributed by atoms with E-state index in [1.807, 2.05) is 33.8 Å². The molecular formula is C20H24N2O2. The second-order valence-corrected chi connectivity index (χ2v) is 7.24. The Labute approximate surface area is 142 Å². The average molecular weight is 324 g/mol. The molecule has 1 amide bonds. The number of amides is 1. The molecule has 0 fully saturated rings. The molecule has 0 aliphatic rings. The van der Waals surface area contributed by atoms with Crippen molar-refractivity contribution in [3.05, 3.63) is 48.7 Å². The molecule has 0 radical (unpaired) electrons. The van der Waals surface area contributed by atoms with Crippen molar-refractivity contribution < 1.29 is 9.53 Å². The fourth-order valence-electron chi connectivity index (χ4n) is 2.97. The molecule has 126 valence electrons. The summed E-state index contributed by atoms with van der Waals surface area (Å²) in [6.45, 7) is 8.27. The molecule has 1 aromatic heterocycles. The molecular weight excluding hydrogens is 300 g/mol. The second kappa shape index (κ2) is 6.19. The zero-order valence-electron chi connectivity index (χ0n) is 14.7. The predicted molar refractivity (Wildman–Crippen MR) is 98.3 cm³/mol. The molecule has 0 aliphatic heterocycles. The summed E-state index contributed by atoms with van der Waals surface area (Å²) in [5.41, 5.74) is 0.714. The smallest absolute Gasteiger partial charge is 0.407 e. The van der Waals surface area contributed by atoms with Crippen LogP contribution in [0.1, 0.15) is 27.7 Å². The van der Waals surface area contributed by atoms with Crippen LogP contribution in [0.25, 0.3) is 21.7 Å². The number of rotatable bonds is 3. The van der Waals surface area contributed by atoms with Crippen molar-refractivity contribution in [3.63, 3.8) is 0 Å². The fourth-order valence-corrected chi connectivity index (χ4v) is 2.97. The van der Waals surface area contributed by atoms with Crippen LogP contribution in [-0.4, -0.2) is 22.3 Å². The largest absolute Gasteiger partial charge is 0.444 e. The van der Waals surface area contributed by atoms with Crippen molar-refractivity contribution in [2.24, 2.45) is 0 Å². The summed E-state index contributed by atoms with van der Waals surface area (Å²) in [6.07, 6.45) is 1.70. The summed E-state index contributed by atoms with van der Waals surface area (Å²) in [4.78, 5) is 11.9. The first-order chi connectivity index (χ1) is 11.3. The third kappa shape index (κ3) is 3.53. The second-order valence-electron chi connectivity index (χ2n) is 7.24. The number of nitrogens with zero attached hydrogens (tertiary/aromatic N) is 1. The van der Waals surface area contributed by atoms with Gasteiger partial charge in [0.05, 0.1) is 5.52 Å². The van der Waals surface area contributed by atoms with E-state index in [1.165, 1.54) is 21.7 Å². The summed E-state index contributed by atoms with van der Waals surface area (Å²) < 4.78 is 7.52. The zero-order chi connectivity index (χ0) is 17.3. The van der Waals surface area contributed by atoms with Gasteiger partial charge in [-0.05, 0) is 39.1 Å². The summed E-state index contributed by atoms with van der Waals surface area (Å²) in [6, 6.07) is 14.7. The number of aromatic nitrogens is 1. The van der Waals surface area contributed by atoms with Gasteiger partial charge in [0.2, 0.25) is 0 Å². The molecule has 1 atom stereocenters. The summed E-state index contributed by atoms with van der Waals surface area (Å²) in [7, 11) is 0. The molecule has 0 bridgehead atoms. The number of ether oxygens (including phenoxy) is 1. The van der Waals surface area contributed by atoms with Gasteiger partial charge in [-0.3, -0.25) is 0 Å². The van der Waals surface area contributed by atoms with Crippen LogP contribution >= 0.6 is 0 Å². The molecule has 1 unspecified atom stereocenters. The lowest BCUT2D eigenvalue weighted by molar-refractivity contribution is 0.0504. The molecule has 1 heterocycles. The van der Waals surface area contributed by atoms with Crippen molar-refractivity contribution in [2.45, 2.75) is 45.9 Å². The first-order valence-corrected chi connectivity index (χ1v) is 8.29. The van der Waals surface area contributed by atoms with E-state index in [0.717, 1.165) is 0 Å². The van der Waals surface area contributed by atoms with Gasteiger partial charge in [-0.15, -0.1) is 0 Å². The molecule has 4 heteroatoms. The minimum absolute atomic E-state index is 0.0329. The molecule has 0 aliphatic carbocycles. The highest BCUT2D eigenvalue weighted by molar-refractivity contribution is 6.05. The summed E-state index contributed by atoms with van der Waals surface area (Å²) in [5.74, 6) is 0. The van der Waals surface area contributed by atoms with E-state index in [2.05, 4.69) is 52.5 Å². The standard InChI is InChI=1S/C20H24N2O2/c1-14(21-19(23)24-20(2,3)4)13-22-12-11-16-10-9-15-7-5-6-8-17(15)18(16)22/h5-12,14H,13H2,1-4H3,(H,21,23). The molecule has 0 saturated heterocycles. The minimum Gasteiger partial charge on any atom is -0.444 e. The number of hydrogen-bond acceptors (Lipinski definition) is 2. The molecule has 4 nitrogen and oxygen atoms in total. The van der Waals surface area contributed by atoms with Gasteiger partial charge >= 0.3 is 6.09 Å². The Morgan fingerprint density at radius 1 is 1.12 bits per heavy atom. The van der Waals surface area contributed by atoms with Crippen LogP contribution in [0.3, 0.4) is 0 Å². The number of fused-ring (bicyclic) bond motifs is 3. The van der Waals surface area contributed by atoms with Crippen molar-refractivity contribution in [3.8, 4) is 0 Å². The van der Waals surface area contributed by atoms with E-state index in [-0.39, 0.29) is 12.1 Å². The van der Waals surface area contributed by atoms with Gasteiger partial charge in [0.1, 0.15) is 5.60 Å². The maximum atomic E-state index is 11.9. The van der Waals surface area contributed by atoms with Crippen LogP contribution in [0.5, 0.6) is 0 Å². The third-order valence-electron chi connectivity index (χ3n) is 3.89. The average Bonchev–Trinajstić information content (AvgIpc) is 2.88. The number of nitrogens with one attached hydrogen (secondary N) is 1. The Balaban J connectivity index is 1.83. The van der Waals surface area contributed by atoms with Crippen LogP contribution in [0.15, 0.2) is 48.7 Å². The van der Waals surface area contributed by atoms with Crippen LogP contribution in [0.2, 0.25) is 0 Å². The topological polar surface area (TPSA) is 43.3 Å². The van der Waals surface area contributed by atoms with Crippen LogP contribution in [0, 0.1) is 0 Å². The fraction of sp³-hybridized carbons (Fsp3) is 0.350. The van der Waals surface area contributed by atoms with Gasteiger partial charge in [0, 0.05) is 29.6 Å². The van der Waals surface area contributed by atoms with E-state index in [9.17, 15) is 4.79 Å². The first kappa shape index (κ1) is 16.4. The number of carbonyl (C=O) groups excluding carboxylic acids is 1. The maximum Gasteiger partial charge on any atom is 0.407 e. The maximum absolute atomic E-state index is 11.9. The molecule has 24 heavy (non-hydrogen) atoms. The number of alkyl carbamates (subject to hydrolysis) is 1. The van der Waals surface area contributed by atoms with Crippen molar-refractivity contribution in [2.75, 3.05) is 0 Å². The van der Waals surface area contributed by atoms with Gasteiger partial charge in [-0.25, -0.2) is 4.79 Å². The molecule has 2 aromatic carbocycles. The predicted octanol–water partition coefficient (Wildman–Crippen LogP) is 4.71. The van der Waals surface area contributed by atoms with Gasteiger partial charge in [0.25, 0.3) is 0 Å².